The van der Waals surface area contributed by atoms with Crippen LogP contribution in [0.1, 0.15) is 0 Å². The van der Waals surface area contributed by atoms with Gasteiger partial charge in [0.05, 0.1) is 15.7 Å². The monoisotopic (exact) mass is 351 g/mol. The molecule has 0 unspecified atom stereocenters. The minimum absolute atomic E-state index is 0.207. The summed E-state index contributed by atoms with van der Waals surface area (Å²) in [6, 6.07) is 11.9. The maximum Gasteiger partial charge on any atom is 0.314 e. The van der Waals surface area contributed by atoms with Gasteiger partial charge in [-0.05, 0) is 30.3 Å². The normalized spacial score (nSPS) is 10.1. The zero-order chi connectivity index (χ0) is 17.0. The van der Waals surface area contributed by atoms with E-state index < -0.39 is 11.8 Å². The van der Waals surface area contributed by atoms with E-state index in [1.54, 1.807) is 36.4 Å². The number of nitrogens with zero attached hydrogens (tertiary/aromatic N) is 1. The number of hydrogen-bond donors (Lipinski definition) is 2. The number of carbonyl (C=O) groups is 2. The van der Waals surface area contributed by atoms with Crippen molar-refractivity contribution in [3.05, 3.63) is 52.5 Å². The highest BCUT2D eigenvalue weighted by Crippen LogP contribution is 2.29. The van der Waals surface area contributed by atoms with Crippen molar-refractivity contribution in [1.29, 1.82) is 0 Å². The molecule has 120 valence electrons. The fourth-order valence-corrected chi connectivity index (χ4v) is 2.33. The molecule has 0 aromatic heterocycles. The highest BCUT2D eigenvalue weighted by Gasteiger charge is 2.17. The Bertz CT molecular complexity index is 728. The largest absolute Gasteiger partial charge is 0.378 e. The van der Waals surface area contributed by atoms with Crippen molar-refractivity contribution in [2.75, 3.05) is 29.6 Å². The topological polar surface area (TPSA) is 61.4 Å². The van der Waals surface area contributed by atoms with Gasteiger partial charge in [-0.15, -0.1) is 0 Å². The van der Waals surface area contributed by atoms with Crippen LogP contribution in [0.15, 0.2) is 42.5 Å². The van der Waals surface area contributed by atoms with E-state index in [4.69, 9.17) is 23.2 Å². The van der Waals surface area contributed by atoms with Crippen LogP contribution in [0.3, 0.4) is 0 Å². The number of hydrogen-bond acceptors (Lipinski definition) is 3. The molecule has 2 rings (SSSR count). The van der Waals surface area contributed by atoms with E-state index in [9.17, 15) is 9.59 Å². The molecule has 0 spiro atoms. The maximum absolute atomic E-state index is 12.0. The fraction of sp³-hybridized carbons (Fsp3) is 0.125. The molecule has 7 heteroatoms. The van der Waals surface area contributed by atoms with Crippen LogP contribution in [0.25, 0.3) is 0 Å². The van der Waals surface area contributed by atoms with Crippen molar-refractivity contribution >= 4 is 52.1 Å². The van der Waals surface area contributed by atoms with Crippen LogP contribution in [0.5, 0.6) is 0 Å². The summed E-state index contributed by atoms with van der Waals surface area (Å²) in [5.41, 5.74) is 1.62. The number of rotatable bonds is 3. The first-order valence-corrected chi connectivity index (χ1v) is 7.48. The average Bonchev–Trinajstić information content (AvgIpc) is 2.51. The Morgan fingerprint density at radius 2 is 1.48 bits per heavy atom. The second kappa shape index (κ2) is 7.35. The molecule has 0 aliphatic carbocycles. The molecular weight excluding hydrogens is 337 g/mol. The van der Waals surface area contributed by atoms with Crippen molar-refractivity contribution in [3.8, 4) is 0 Å². The number of para-hydroxylation sites is 1. The summed E-state index contributed by atoms with van der Waals surface area (Å²) in [6.07, 6.45) is 0. The summed E-state index contributed by atoms with van der Waals surface area (Å²) in [5.74, 6) is -1.66. The molecule has 0 saturated heterocycles. The lowest BCUT2D eigenvalue weighted by Crippen LogP contribution is -2.29. The molecule has 0 atom stereocenters. The van der Waals surface area contributed by atoms with E-state index >= 15 is 0 Å². The second-order valence-corrected chi connectivity index (χ2v) is 5.76. The standard InChI is InChI=1S/C16H15Cl2N3O2/c1-21(2)11-6-3-5-10(9-11)19-15(22)16(23)20-14-12(17)7-4-8-13(14)18/h3-9H,1-2H3,(H,19,22)(H,20,23). The molecular formula is C16H15Cl2N3O2. The summed E-state index contributed by atoms with van der Waals surface area (Å²) in [6.45, 7) is 0. The molecule has 2 N–H and O–H groups in total. The van der Waals surface area contributed by atoms with Crippen LogP contribution >= 0.6 is 23.2 Å². The van der Waals surface area contributed by atoms with E-state index in [2.05, 4.69) is 10.6 Å². The number of carbonyl (C=O) groups excluding carboxylic acids is 2. The van der Waals surface area contributed by atoms with Crippen LogP contribution in [0, 0.1) is 0 Å². The lowest BCUT2D eigenvalue weighted by molar-refractivity contribution is -0.132. The first kappa shape index (κ1) is 17.1. The fourth-order valence-electron chi connectivity index (χ4n) is 1.84. The first-order chi connectivity index (χ1) is 10.9. The molecule has 2 amide bonds. The van der Waals surface area contributed by atoms with Gasteiger partial charge in [0.1, 0.15) is 0 Å². The van der Waals surface area contributed by atoms with E-state index in [-0.39, 0.29) is 15.7 Å². The Hall–Kier alpha value is -2.24. The van der Waals surface area contributed by atoms with Crippen LogP contribution in [-0.2, 0) is 9.59 Å². The van der Waals surface area contributed by atoms with Crippen LogP contribution in [0.4, 0.5) is 17.1 Å². The van der Waals surface area contributed by atoms with Crippen molar-refractivity contribution in [1.82, 2.24) is 0 Å². The van der Waals surface area contributed by atoms with E-state index in [1.165, 1.54) is 0 Å². The van der Waals surface area contributed by atoms with Crippen LogP contribution in [-0.4, -0.2) is 25.9 Å². The molecule has 0 saturated carbocycles. The molecule has 0 bridgehead atoms. The predicted octanol–water partition coefficient (Wildman–Crippen LogP) is 3.64. The summed E-state index contributed by atoms with van der Waals surface area (Å²) in [5, 5.41) is 5.46. The molecule has 0 aliphatic heterocycles. The zero-order valence-electron chi connectivity index (χ0n) is 12.6. The van der Waals surface area contributed by atoms with Gasteiger partial charge in [0, 0.05) is 25.5 Å². The van der Waals surface area contributed by atoms with Crippen molar-refractivity contribution in [3.63, 3.8) is 0 Å². The van der Waals surface area contributed by atoms with E-state index in [1.807, 2.05) is 25.1 Å². The van der Waals surface area contributed by atoms with E-state index in [0.29, 0.717) is 5.69 Å². The summed E-state index contributed by atoms with van der Waals surface area (Å²) >= 11 is 11.9. The lowest BCUT2D eigenvalue weighted by Gasteiger charge is -2.14. The Morgan fingerprint density at radius 3 is 2.09 bits per heavy atom. The number of benzene rings is 2. The molecule has 2 aromatic carbocycles. The number of halogens is 2. The third-order valence-corrected chi connectivity index (χ3v) is 3.66. The van der Waals surface area contributed by atoms with Gasteiger partial charge in [-0.3, -0.25) is 9.59 Å². The van der Waals surface area contributed by atoms with Crippen molar-refractivity contribution < 1.29 is 9.59 Å². The zero-order valence-corrected chi connectivity index (χ0v) is 14.1. The van der Waals surface area contributed by atoms with Gasteiger partial charge in [0.2, 0.25) is 0 Å². The molecule has 0 heterocycles. The van der Waals surface area contributed by atoms with Gasteiger partial charge in [0.15, 0.2) is 0 Å². The van der Waals surface area contributed by atoms with Gasteiger partial charge in [-0.1, -0.05) is 35.3 Å². The van der Waals surface area contributed by atoms with E-state index in [0.717, 1.165) is 5.69 Å². The van der Waals surface area contributed by atoms with Crippen molar-refractivity contribution in [2.45, 2.75) is 0 Å². The Labute approximate surface area is 144 Å². The molecule has 2 aromatic rings. The SMILES string of the molecule is CN(C)c1cccc(NC(=O)C(=O)Nc2c(Cl)cccc2Cl)c1. The van der Waals surface area contributed by atoms with Gasteiger partial charge >= 0.3 is 11.8 Å². The van der Waals surface area contributed by atoms with Crippen molar-refractivity contribution in [2.24, 2.45) is 0 Å². The van der Waals surface area contributed by atoms with Crippen LogP contribution < -0.4 is 15.5 Å². The number of amides is 2. The Morgan fingerprint density at radius 1 is 0.913 bits per heavy atom. The summed E-state index contributed by atoms with van der Waals surface area (Å²) in [4.78, 5) is 25.9. The average molecular weight is 352 g/mol. The quantitative estimate of drug-likeness (QED) is 0.830. The minimum atomic E-state index is -0.852. The highest BCUT2D eigenvalue weighted by atomic mass is 35.5. The molecule has 0 fully saturated rings. The van der Waals surface area contributed by atoms with Gasteiger partial charge in [0.25, 0.3) is 0 Å². The lowest BCUT2D eigenvalue weighted by atomic mass is 10.2. The molecule has 5 nitrogen and oxygen atoms in total. The van der Waals surface area contributed by atoms with Crippen LogP contribution in [0.2, 0.25) is 10.0 Å². The third-order valence-electron chi connectivity index (χ3n) is 3.03. The number of anilines is 3. The smallest absolute Gasteiger partial charge is 0.314 e. The molecule has 23 heavy (non-hydrogen) atoms. The second-order valence-electron chi connectivity index (χ2n) is 4.95. The predicted molar refractivity (Wildman–Crippen MR) is 94.5 cm³/mol. The van der Waals surface area contributed by atoms with Gasteiger partial charge in [-0.25, -0.2) is 0 Å². The minimum Gasteiger partial charge on any atom is -0.378 e. The summed E-state index contributed by atoms with van der Waals surface area (Å²) in [7, 11) is 3.76. The number of nitrogens with one attached hydrogen (secondary N) is 2. The van der Waals surface area contributed by atoms with Gasteiger partial charge < -0.3 is 15.5 Å². The molecule has 0 radical (unpaired) electrons. The third kappa shape index (κ3) is 4.37. The summed E-state index contributed by atoms with van der Waals surface area (Å²) < 4.78 is 0. The Balaban J connectivity index is 2.09. The molecule has 0 aliphatic rings. The first-order valence-electron chi connectivity index (χ1n) is 6.72. The highest BCUT2D eigenvalue weighted by molar-refractivity contribution is 6.46. The maximum atomic E-state index is 12.0. The Kier molecular flexibility index (Phi) is 5.47. The van der Waals surface area contributed by atoms with Gasteiger partial charge in [-0.2, -0.15) is 0 Å².